The molecule has 198 valence electrons. The first-order chi connectivity index (χ1) is 17.5. The first-order valence-corrected chi connectivity index (χ1v) is 14.9. The van der Waals surface area contributed by atoms with Gasteiger partial charge in [-0.2, -0.15) is 5.11 Å². The molecule has 2 rings (SSSR count). The molecule has 0 fully saturated rings. The van der Waals surface area contributed by atoms with Crippen LogP contribution in [-0.4, -0.2) is 18.0 Å². The van der Waals surface area contributed by atoms with Gasteiger partial charge < -0.3 is 4.90 Å². The average molecular weight is 624 g/mol. The molecule has 0 aliphatic heterocycles. The number of hydrogen-bond donors (Lipinski definition) is 0. The molecule has 0 amide bonds. The van der Waals surface area contributed by atoms with Crippen LogP contribution in [0.15, 0.2) is 55.6 Å². The number of anilines is 1. The average Bonchev–Trinajstić information content (AvgIpc) is 2.86. The van der Waals surface area contributed by atoms with Crippen molar-refractivity contribution in [1.29, 1.82) is 0 Å². The second-order valence-electron chi connectivity index (χ2n) is 9.25. The third kappa shape index (κ3) is 11.1. The minimum Gasteiger partial charge on any atom is -0.372 e. The Morgan fingerprint density at radius 2 is 1.22 bits per heavy atom. The van der Waals surface area contributed by atoms with Gasteiger partial charge in [-0.05, 0) is 69.0 Å². The Morgan fingerprint density at radius 1 is 0.750 bits per heavy atom. The summed E-state index contributed by atoms with van der Waals surface area (Å²) < 4.78 is 1.04. The monoisotopic (exact) mass is 622 g/mol. The topological polar surface area (TPSA) is 71.1 Å². The molecule has 36 heavy (non-hydrogen) atoms. The van der Waals surface area contributed by atoms with Gasteiger partial charge >= 0.3 is 0 Å². The highest BCUT2D eigenvalue weighted by molar-refractivity contribution is 9.11. The van der Waals surface area contributed by atoms with Gasteiger partial charge in [0.25, 0.3) is 5.69 Å². The lowest BCUT2D eigenvalue weighted by Gasteiger charge is -2.25. The Labute approximate surface area is 233 Å². The highest BCUT2D eigenvalue weighted by atomic mass is 79.9. The molecule has 2 aromatic carbocycles. The molecule has 0 aliphatic rings. The molecule has 0 saturated carbocycles. The molecular formula is C28H40Br2N4O2. The number of halogens is 2. The van der Waals surface area contributed by atoms with Crippen molar-refractivity contribution in [3.8, 4) is 0 Å². The van der Waals surface area contributed by atoms with Crippen LogP contribution >= 0.6 is 31.9 Å². The van der Waals surface area contributed by atoms with E-state index in [9.17, 15) is 10.1 Å². The van der Waals surface area contributed by atoms with Crippen LogP contribution in [0.4, 0.5) is 22.7 Å². The maximum absolute atomic E-state index is 11.0. The summed E-state index contributed by atoms with van der Waals surface area (Å²) in [5.41, 5.74) is 2.49. The third-order valence-electron chi connectivity index (χ3n) is 6.26. The fraction of sp³-hybridized carbons (Fsp3) is 0.571. The zero-order valence-electron chi connectivity index (χ0n) is 21.7. The summed E-state index contributed by atoms with van der Waals surface area (Å²) in [4.78, 5) is 13.1. The van der Waals surface area contributed by atoms with E-state index in [0.29, 0.717) is 14.6 Å². The summed E-state index contributed by atoms with van der Waals surface area (Å²) in [5.74, 6) is 0. The second kappa shape index (κ2) is 17.6. The highest BCUT2D eigenvalue weighted by Gasteiger charge is 2.14. The lowest BCUT2D eigenvalue weighted by Crippen LogP contribution is -2.25. The van der Waals surface area contributed by atoms with E-state index < -0.39 is 4.92 Å². The van der Waals surface area contributed by atoms with Gasteiger partial charge in [0, 0.05) is 30.9 Å². The Hall–Kier alpha value is -1.80. The van der Waals surface area contributed by atoms with Gasteiger partial charge in [0.15, 0.2) is 0 Å². The van der Waals surface area contributed by atoms with Crippen molar-refractivity contribution in [2.24, 2.45) is 10.2 Å². The molecule has 2 aromatic rings. The number of nitro groups is 1. The van der Waals surface area contributed by atoms with E-state index in [1.54, 1.807) is 0 Å². The minimum atomic E-state index is -0.433. The molecule has 0 aromatic heterocycles. The molecule has 6 nitrogen and oxygen atoms in total. The van der Waals surface area contributed by atoms with Crippen molar-refractivity contribution >= 4 is 54.6 Å². The Balaban J connectivity index is 2.01. The van der Waals surface area contributed by atoms with E-state index in [4.69, 9.17) is 0 Å². The molecule has 0 atom stereocenters. The summed E-state index contributed by atoms with van der Waals surface area (Å²) in [5, 5.41) is 19.7. The van der Waals surface area contributed by atoms with Gasteiger partial charge in [-0.3, -0.25) is 10.1 Å². The Kier molecular flexibility index (Phi) is 14.9. The zero-order valence-corrected chi connectivity index (χ0v) is 24.9. The number of azo groups is 1. The van der Waals surface area contributed by atoms with E-state index in [1.807, 2.05) is 12.1 Å². The molecule has 0 saturated heterocycles. The fourth-order valence-corrected chi connectivity index (χ4v) is 5.45. The number of nitro benzene ring substituents is 1. The van der Waals surface area contributed by atoms with Crippen LogP contribution in [0, 0.1) is 10.1 Å². The largest absolute Gasteiger partial charge is 0.372 e. The zero-order chi connectivity index (χ0) is 26.2. The van der Waals surface area contributed by atoms with E-state index in [0.717, 1.165) is 18.8 Å². The Morgan fingerprint density at radius 3 is 1.69 bits per heavy atom. The van der Waals surface area contributed by atoms with Gasteiger partial charge in [0.1, 0.15) is 5.69 Å². The molecule has 0 N–H and O–H groups in total. The van der Waals surface area contributed by atoms with Crippen LogP contribution in [0.1, 0.15) is 90.9 Å². The molecule has 0 aliphatic carbocycles. The third-order valence-corrected chi connectivity index (χ3v) is 7.46. The summed E-state index contributed by atoms with van der Waals surface area (Å²) in [7, 11) is 0. The van der Waals surface area contributed by atoms with E-state index in [2.05, 4.69) is 73.0 Å². The van der Waals surface area contributed by atoms with E-state index >= 15 is 0 Å². The lowest BCUT2D eigenvalue weighted by atomic mass is 10.1. The fourth-order valence-electron chi connectivity index (χ4n) is 4.13. The lowest BCUT2D eigenvalue weighted by molar-refractivity contribution is -0.385. The first-order valence-electron chi connectivity index (χ1n) is 13.4. The molecular weight excluding hydrogens is 584 g/mol. The molecule has 0 radical (unpaired) electrons. The maximum atomic E-state index is 11.0. The van der Waals surface area contributed by atoms with Gasteiger partial charge in [0.2, 0.25) is 0 Å². The first kappa shape index (κ1) is 30.4. The standard InChI is InChI=1S/C28H40Br2N4O2/c1-3-5-7-9-11-13-19-33(20-14-12-10-8-6-4-2)24-17-15-23(16-18-24)31-32-28-26(29)21-25(34(35)36)22-27(28)30/h15-18,21-22H,3-14,19-20H2,1-2H3. The van der Waals surface area contributed by atoms with E-state index in [-0.39, 0.29) is 5.69 Å². The van der Waals surface area contributed by atoms with Crippen molar-refractivity contribution in [1.82, 2.24) is 0 Å². The highest BCUT2D eigenvalue weighted by Crippen LogP contribution is 2.38. The maximum Gasteiger partial charge on any atom is 0.271 e. The van der Waals surface area contributed by atoms with Crippen LogP contribution in [-0.2, 0) is 0 Å². The number of hydrogen-bond acceptors (Lipinski definition) is 5. The van der Waals surface area contributed by atoms with Crippen LogP contribution in [0.25, 0.3) is 0 Å². The summed E-state index contributed by atoms with van der Waals surface area (Å²) >= 11 is 6.73. The Bertz CT molecular complexity index is 912. The van der Waals surface area contributed by atoms with Gasteiger partial charge in [0.05, 0.1) is 19.6 Å². The van der Waals surface area contributed by atoms with Gasteiger partial charge in [-0.1, -0.05) is 78.1 Å². The molecule has 8 heteroatoms. The van der Waals surface area contributed by atoms with Crippen molar-refractivity contribution in [3.63, 3.8) is 0 Å². The number of unbranched alkanes of at least 4 members (excludes halogenated alkanes) is 10. The minimum absolute atomic E-state index is 0.00660. The van der Waals surface area contributed by atoms with Crippen molar-refractivity contribution in [2.75, 3.05) is 18.0 Å². The normalized spacial score (nSPS) is 11.3. The van der Waals surface area contributed by atoms with Crippen molar-refractivity contribution in [2.45, 2.75) is 90.9 Å². The predicted octanol–water partition coefficient (Wildman–Crippen LogP) is 11.1. The number of non-ortho nitro benzene ring substituents is 1. The molecule has 0 unspecified atom stereocenters. The van der Waals surface area contributed by atoms with Crippen molar-refractivity contribution < 1.29 is 4.92 Å². The van der Waals surface area contributed by atoms with Crippen LogP contribution < -0.4 is 4.90 Å². The van der Waals surface area contributed by atoms with Gasteiger partial charge in [-0.15, -0.1) is 5.11 Å². The van der Waals surface area contributed by atoms with Crippen LogP contribution in [0.5, 0.6) is 0 Å². The quantitative estimate of drug-likeness (QED) is 0.0717. The second-order valence-corrected chi connectivity index (χ2v) is 11.0. The summed E-state index contributed by atoms with van der Waals surface area (Å²) in [6.07, 6.45) is 15.6. The molecule has 0 spiro atoms. The number of benzene rings is 2. The predicted molar refractivity (Wildman–Crippen MR) is 158 cm³/mol. The number of rotatable bonds is 18. The summed E-state index contributed by atoms with van der Waals surface area (Å²) in [6, 6.07) is 11.1. The SMILES string of the molecule is CCCCCCCCN(CCCCCCCC)c1ccc(N=Nc2c(Br)cc([N+](=O)[O-])cc2Br)cc1. The van der Waals surface area contributed by atoms with Gasteiger partial charge in [-0.25, -0.2) is 0 Å². The van der Waals surface area contributed by atoms with Crippen molar-refractivity contribution in [3.05, 3.63) is 55.5 Å². The molecule has 0 heterocycles. The number of nitrogens with zero attached hydrogens (tertiary/aromatic N) is 4. The smallest absolute Gasteiger partial charge is 0.271 e. The summed E-state index contributed by atoms with van der Waals surface area (Å²) in [6.45, 7) is 6.69. The van der Waals surface area contributed by atoms with E-state index in [1.165, 1.54) is 94.9 Å². The van der Waals surface area contributed by atoms with Crippen LogP contribution in [0.3, 0.4) is 0 Å². The molecule has 0 bridgehead atoms. The van der Waals surface area contributed by atoms with Crippen LogP contribution in [0.2, 0.25) is 0 Å².